The van der Waals surface area contributed by atoms with Gasteiger partial charge in [-0.2, -0.15) is 0 Å². The van der Waals surface area contributed by atoms with Crippen LogP contribution in [0.3, 0.4) is 0 Å². The van der Waals surface area contributed by atoms with E-state index in [1.165, 1.54) is 0 Å². The van der Waals surface area contributed by atoms with E-state index in [0.717, 1.165) is 80.4 Å². The largest absolute Gasteiger partial charge is 0.437 e. The van der Waals surface area contributed by atoms with Gasteiger partial charge in [0, 0.05) is 50.4 Å². The number of piperidine rings is 1. The molecule has 1 aromatic heterocycles. The minimum atomic E-state index is 0.0961. The Hall–Kier alpha value is -3.29. The van der Waals surface area contributed by atoms with Gasteiger partial charge in [-0.3, -0.25) is 14.7 Å². The summed E-state index contributed by atoms with van der Waals surface area (Å²) >= 11 is 0. The maximum absolute atomic E-state index is 13.6. The Kier molecular flexibility index (Phi) is 7.35. The van der Waals surface area contributed by atoms with Gasteiger partial charge in [0.2, 0.25) is 5.88 Å². The van der Waals surface area contributed by atoms with E-state index < -0.39 is 0 Å². The molecule has 182 valence electrons. The molecule has 2 aliphatic heterocycles. The topological polar surface area (TPSA) is 67.8 Å². The molecule has 0 unspecified atom stereocenters. The highest BCUT2D eigenvalue weighted by atomic mass is 16.5. The fourth-order valence-electron chi connectivity index (χ4n) is 4.83. The zero-order valence-corrected chi connectivity index (χ0v) is 20.2. The first-order valence-corrected chi connectivity index (χ1v) is 12.4. The highest BCUT2D eigenvalue weighted by Gasteiger charge is 2.28. The minimum Gasteiger partial charge on any atom is -0.437 e. The summed E-state index contributed by atoms with van der Waals surface area (Å²) in [7, 11) is 0. The summed E-state index contributed by atoms with van der Waals surface area (Å²) in [5, 5.41) is 0. The van der Waals surface area contributed by atoms with E-state index >= 15 is 0 Å². The summed E-state index contributed by atoms with van der Waals surface area (Å²) in [6.45, 7) is 7.46. The SMILES string of the molecule is Cc1ccccc1Oc1cncc([C@H]2CCCN(C(=O)c3ccccc3CN3CCOCC3)C2)n1. The maximum Gasteiger partial charge on any atom is 0.254 e. The standard InChI is InChI=1S/C28H32N4O3/c1-21-7-2-5-11-26(21)35-27-18-29-17-25(30-27)23-9-6-12-32(20-23)28(33)24-10-4-3-8-22(24)19-31-13-15-34-16-14-31/h2-5,7-8,10-11,17-18,23H,6,9,12-16,19-20H2,1H3/t23-/m0/s1. The molecule has 0 aliphatic carbocycles. The molecule has 2 saturated heterocycles. The van der Waals surface area contributed by atoms with Gasteiger partial charge in [0.1, 0.15) is 5.75 Å². The average molecular weight is 473 g/mol. The Morgan fingerprint density at radius 3 is 2.71 bits per heavy atom. The molecule has 5 rings (SSSR count). The quantitative estimate of drug-likeness (QED) is 0.529. The summed E-state index contributed by atoms with van der Waals surface area (Å²) in [4.78, 5) is 27.1. The number of carbonyl (C=O) groups excluding carboxylic acids is 1. The fourth-order valence-corrected chi connectivity index (χ4v) is 4.83. The van der Waals surface area contributed by atoms with Crippen molar-refractivity contribution in [3.8, 4) is 11.6 Å². The van der Waals surface area contributed by atoms with Crippen LogP contribution in [0.4, 0.5) is 0 Å². The molecule has 3 aromatic rings. The normalized spacial score (nSPS) is 18.9. The summed E-state index contributed by atoms with van der Waals surface area (Å²) in [5.41, 5.74) is 3.79. The molecule has 1 atom stereocenters. The number of rotatable bonds is 6. The first-order chi connectivity index (χ1) is 17.2. The third kappa shape index (κ3) is 5.69. The van der Waals surface area contributed by atoms with Crippen LogP contribution in [-0.4, -0.2) is 65.1 Å². The number of hydrogen-bond donors (Lipinski definition) is 0. The first kappa shape index (κ1) is 23.5. The molecule has 1 amide bonds. The number of para-hydroxylation sites is 1. The van der Waals surface area contributed by atoms with Crippen LogP contribution in [0, 0.1) is 6.92 Å². The van der Waals surface area contributed by atoms with Crippen molar-refractivity contribution in [1.29, 1.82) is 0 Å². The van der Waals surface area contributed by atoms with E-state index in [-0.39, 0.29) is 11.8 Å². The number of amides is 1. The number of aromatic nitrogens is 2. The van der Waals surface area contributed by atoms with E-state index in [4.69, 9.17) is 14.5 Å². The third-order valence-electron chi connectivity index (χ3n) is 6.81. The molecule has 3 heterocycles. The van der Waals surface area contributed by atoms with Gasteiger partial charge in [-0.05, 0) is 43.0 Å². The van der Waals surface area contributed by atoms with Crippen molar-refractivity contribution < 1.29 is 14.3 Å². The smallest absolute Gasteiger partial charge is 0.254 e. The number of morpholine rings is 1. The zero-order valence-electron chi connectivity index (χ0n) is 20.2. The molecule has 0 radical (unpaired) electrons. The number of benzene rings is 2. The van der Waals surface area contributed by atoms with Crippen LogP contribution in [-0.2, 0) is 11.3 Å². The lowest BCUT2D eigenvalue weighted by Gasteiger charge is -2.33. The molecule has 2 aliphatic rings. The number of carbonyl (C=O) groups is 1. The first-order valence-electron chi connectivity index (χ1n) is 12.4. The van der Waals surface area contributed by atoms with Gasteiger partial charge < -0.3 is 14.4 Å². The second kappa shape index (κ2) is 11.0. The third-order valence-corrected chi connectivity index (χ3v) is 6.81. The molecule has 2 aromatic carbocycles. The van der Waals surface area contributed by atoms with Gasteiger partial charge in [0.15, 0.2) is 0 Å². The maximum atomic E-state index is 13.6. The molecule has 0 spiro atoms. The predicted molar refractivity (Wildman–Crippen MR) is 134 cm³/mol. The summed E-state index contributed by atoms with van der Waals surface area (Å²) in [6.07, 6.45) is 5.35. The van der Waals surface area contributed by atoms with Crippen molar-refractivity contribution in [2.75, 3.05) is 39.4 Å². The average Bonchev–Trinajstić information content (AvgIpc) is 2.91. The van der Waals surface area contributed by atoms with Crippen molar-refractivity contribution in [1.82, 2.24) is 19.8 Å². The number of aryl methyl sites for hydroxylation is 1. The van der Waals surface area contributed by atoms with Crippen LogP contribution in [0.25, 0.3) is 0 Å². The van der Waals surface area contributed by atoms with Gasteiger partial charge in [-0.15, -0.1) is 0 Å². The van der Waals surface area contributed by atoms with E-state index in [1.807, 2.05) is 54.3 Å². The molecule has 35 heavy (non-hydrogen) atoms. The molecule has 0 N–H and O–H groups in total. The molecular weight excluding hydrogens is 440 g/mol. The number of likely N-dealkylation sites (tertiary alicyclic amines) is 1. The lowest BCUT2D eigenvalue weighted by atomic mass is 9.94. The molecule has 7 heteroatoms. The Balaban J connectivity index is 1.29. The van der Waals surface area contributed by atoms with Gasteiger partial charge in [-0.1, -0.05) is 36.4 Å². The van der Waals surface area contributed by atoms with E-state index in [9.17, 15) is 4.79 Å². The monoisotopic (exact) mass is 472 g/mol. The van der Waals surface area contributed by atoms with Gasteiger partial charge in [0.25, 0.3) is 5.91 Å². The number of hydrogen-bond acceptors (Lipinski definition) is 6. The second-order valence-corrected chi connectivity index (χ2v) is 9.29. The van der Waals surface area contributed by atoms with Crippen LogP contribution in [0.2, 0.25) is 0 Å². The van der Waals surface area contributed by atoms with Crippen molar-refractivity contribution in [2.24, 2.45) is 0 Å². The fraction of sp³-hybridized carbons (Fsp3) is 0.393. The van der Waals surface area contributed by atoms with Crippen molar-refractivity contribution in [2.45, 2.75) is 32.2 Å². The van der Waals surface area contributed by atoms with Gasteiger partial charge in [0.05, 0.1) is 25.1 Å². The minimum absolute atomic E-state index is 0.0961. The lowest BCUT2D eigenvalue weighted by molar-refractivity contribution is 0.0339. The van der Waals surface area contributed by atoms with Crippen LogP contribution in [0.5, 0.6) is 11.6 Å². The highest BCUT2D eigenvalue weighted by molar-refractivity contribution is 5.95. The highest BCUT2D eigenvalue weighted by Crippen LogP contribution is 2.29. The molecule has 2 fully saturated rings. The van der Waals surface area contributed by atoms with Crippen LogP contribution < -0.4 is 4.74 Å². The van der Waals surface area contributed by atoms with Crippen molar-refractivity contribution >= 4 is 5.91 Å². The van der Waals surface area contributed by atoms with E-state index in [2.05, 4.69) is 16.0 Å². The summed E-state index contributed by atoms with van der Waals surface area (Å²) in [5.74, 6) is 1.48. The van der Waals surface area contributed by atoms with Gasteiger partial charge in [-0.25, -0.2) is 4.98 Å². The Bertz CT molecular complexity index is 1160. The summed E-state index contributed by atoms with van der Waals surface area (Å²) < 4.78 is 11.5. The lowest BCUT2D eigenvalue weighted by Crippen LogP contribution is -2.40. The molecule has 0 saturated carbocycles. The number of nitrogens with zero attached hydrogens (tertiary/aromatic N) is 4. The van der Waals surface area contributed by atoms with Crippen LogP contribution in [0.15, 0.2) is 60.9 Å². The van der Waals surface area contributed by atoms with E-state index in [0.29, 0.717) is 12.4 Å². The van der Waals surface area contributed by atoms with Gasteiger partial charge >= 0.3 is 0 Å². The molecule has 0 bridgehead atoms. The predicted octanol–water partition coefficient (Wildman–Crippen LogP) is 4.43. The van der Waals surface area contributed by atoms with E-state index in [1.54, 1.807) is 12.4 Å². The van der Waals surface area contributed by atoms with Crippen LogP contribution in [0.1, 0.15) is 45.9 Å². The van der Waals surface area contributed by atoms with Crippen molar-refractivity contribution in [3.63, 3.8) is 0 Å². The Labute approximate surface area is 206 Å². The van der Waals surface area contributed by atoms with Crippen molar-refractivity contribution in [3.05, 3.63) is 83.3 Å². The zero-order chi connectivity index (χ0) is 24.0. The van der Waals surface area contributed by atoms with Crippen LogP contribution >= 0.6 is 0 Å². The number of ether oxygens (including phenoxy) is 2. The second-order valence-electron chi connectivity index (χ2n) is 9.29. The Morgan fingerprint density at radius 2 is 1.86 bits per heavy atom. The summed E-state index contributed by atoms with van der Waals surface area (Å²) in [6, 6.07) is 15.9. The Morgan fingerprint density at radius 1 is 1.06 bits per heavy atom. The molecule has 7 nitrogen and oxygen atoms in total. The molecular formula is C28H32N4O3.